The first-order valence-electron chi connectivity index (χ1n) is 10.2. The van der Waals surface area contributed by atoms with Crippen LogP contribution in [0, 0.1) is 17.8 Å². The van der Waals surface area contributed by atoms with E-state index in [0.717, 1.165) is 6.26 Å². The van der Waals surface area contributed by atoms with Gasteiger partial charge < -0.3 is 10.6 Å². The standard InChI is InChI=1S/C19H33N5O5S/c1-12(2)10-23(18(26)14-6-8-22(9-7-14)30(5,28)29)15-16(20)24(11-13(3)4)19(27)21-17(15)25/h12-14H,6-11,20H2,1-5H3,(H,21,25,27). The number of anilines is 2. The first kappa shape index (κ1) is 24.1. The predicted molar refractivity (Wildman–Crippen MR) is 117 cm³/mol. The fourth-order valence-electron chi connectivity index (χ4n) is 3.70. The molecule has 2 heterocycles. The van der Waals surface area contributed by atoms with Crippen molar-refractivity contribution >= 4 is 27.4 Å². The van der Waals surface area contributed by atoms with Crippen LogP contribution in [0.3, 0.4) is 0 Å². The molecule has 0 radical (unpaired) electrons. The molecule has 30 heavy (non-hydrogen) atoms. The summed E-state index contributed by atoms with van der Waals surface area (Å²) in [5, 5.41) is 0. The number of piperidine rings is 1. The highest BCUT2D eigenvalue weighted by Gasteiger charge is 2.34. The summed E-state index contributed by atoms with van der Waals surface area (Å²) >= 11 is 0. The number of sulfonamides is 1. The number of nitrogens with one attached hydrogen (secondary N) is 1. The number of carbonyl (C=O) groups excluding carboxylic acids is 1. The largest absolute Gasteiger partial charge is 0.383 e. The number of carbonyl (C=O) groups is 1. The molecule has 1 saturated heterocycles. The monoisotopic (exact) mass is 443 g/mol. The lowest BCUT2D eigenvalue weighted by Crippen LogP contribution is -2.48. The van der Waals surface area contributed by atoms with Crippen LogP contribution < -0.4 is 21.9 Å². The molecule has 10 nitrogen and oxygen atoms in total. The van der Waals surface area contributed by atoms with Gasteiger partial charge in [0.1, 0.15) is 5.82 Å². The molecule has 1 fully saturated rings. The minimum absolute atomic E-state index is 0.0144. The molecule has 1 aromatic heterocycles. The summed E-state index contributed by atoms with van der Waals surface area (Å²) in [6, 6.07) is 0. The van der Waals surface area contributed by atoms with Gasteiger partial charge in [-0.25, -0.2) is 17.5 Å². The molecule has 0 atom stereocenters. The lowest BCUT2D eigenvalue weighted by molar-refractivity contribution is -0.123. The summed E-state index contributed by atoms with van der Waals surface area (Å²) in [6.07, 6.45) is 1.88. The molecule has 11 heteroatoms. The van der Waals surface area contributed by atoms with Crippen LogP contribution in [0.2, 0.25) is 0 Å². The van der Waals surface area contributed by atoms with Crippen LogP contribution in [-0.4, -0.2) is 54.1 Å². The second kappa shape index (κ2) is 9.34. The van der Waals surface area contributed by atoms with Crippen molar-refractivity contribution in [3.63, 3.8) is 0 Å². The van der Waals surface area contributed by atoms with Gasteiger partial charge >= 0.3 is 5.69 Å². The normalized spacial score (nSPS) is 16.4. The van der Waals surface area contributed by atoms with E-state index in [1.165, 1.54) is 13.8 Å². The van der Waals surface area contributed by atoms with Crippen molar-refractivity contribution in [1.29, 1.82) is 0 Å². The molecule has 0 unspecified atom stereocenters. The molecule has 0 spiro atoms. The fraction of sp³-hybridized carbons (Fsp3) is 0.737. The van der Waals surface area contributed by atoms with Crippen LogP contribution in [0.15, 0.2) is 9.59 Å². The lowest BCUT2D eigenvalue weighted by atomic mass is 9.96. The van der Waals surface area contributed by atoms with Gasteiger partial charge in [-0.05, 0) is 24.7 Å². The predicted octanol–water partition coefficient (Wildman–Crippen LogP) is 0.435. The van der Waals surface area contributed by atoms with Crippen molar-refractivity contribution < 1.29 is 13.2 Å². The van der Waals surface area contributed by atoms with Crippen molar-refractivity contribution in [2.75, 3.05) is 36.5 Å². The van der Waals surface area contributed by atoms with Crippen molar-refractivity contribution in [3.05, 3.63) is 20.8 Å². The average molecular weight is 444 g/mol. The highest BCUT2D eigenvalue weighted by Crippen LogP contribution is 2.26. The minimum Gasteiger partial charge on any atom is -0.383 e. The summed E-state index contributed by atoms with van der Waals surface area (Å²) in [5.41, 5.74) is 4.91. The van der Waals surface area contributed by atoms with Gasteiger partial charge in [0, 0.05) is 32.1 Å². The molecule has 170 valence electrons. The Morgan fingerprint density at radius 3 is 2.20 bits per heavy atom. The molecular formula is C19H33N5O5S. The third-order valence-corrected chi connectivity index (χ3v) is 6.42. The Morgan fingerprint density at radius 1 is 1.17 bits per heavy atom. The topological polar surface area (TPSA) is 139 Å². The third kappa shape index (κ3) is 5.51. The van der Waals surface area contributed by atoms with Gasteiger partial charge in [0.05, 0.1) is 6.26 Å². The maximum absolute atomic E-state index is 13.4. The van der Waals surface area contributed by atoms with E-state index in [2.05, 4.69) is 4.98 Å². The van der Waals surface area contributed by atoms with Crippen molar-refractivity contribution in [1.82, 2.24) is 13.9 Å². The Kier molecular flexibility index (Phi) is 7.51. The van der Waals surface area contributed by atoms with Crippen LogP contribution in [0.25, 0.3) is 0 Å². The van der Waals surface area contributed by atoms with E-state index >= 15 is 0 Å². The maximum atomic E-state index is 13.4. The van der Waals surface area contributed by atoms with Crippen LogP contribution in [0.4, 0.5) is 11.5 Å². The van der Waals surface area contributed by atoms with Crippen LogP contribution >= 0.6 is 0 Å². The van der Waals surface area contributed by atoms with Crippen molar-refractivity contribution in [2.45, 2.75) is 47.1 Å². The van der Waals surface area contributed by atoms with E-state index in [0.29, 0.717) is 19.4 Å². The van der Waals surface area contributed by atoms with Gasteiger partial charge in [-0.3, -0.25) is 19.1 Å². The Bertz CT molecular complexity index is 988. The van der Waals surface area contributed by atoms with Crippen LogP contribution in [0.5, 0.6) is 0 Å². The number of hydrogen-bond donors (Lipinski definition) is 2. The smallest absolute Gasteiger partial charge is 0.330 e. The molecule has 0 saturated carbocycles. The van der Waals surface area contributed by atoms with E-state index in [9.17, 15) is 22.8 Å². The quantitative estimate of drug-likeness (QED) is 0.627. The van der Waals surface area contributed by atoms with Gasteiger partial charge in [0.2, 0.25) is 15.9 Å². The van der Waals surface area contributed by atoms with E-state index < -0.39 is 27.2 Å². The molecule has 1 aliphatic heterocycles. The highest BCUT2D eigenvalue weighted by atomic mass is 32.2. The zero-order valence-electron chi connectivity index (χ0n) is 18.3. The minimum atomic E-state index is -3.31. The zero-order chi connectivity index (χ0) is 22.8. The molecule has 1 amide bonds. The Morgan fingerprint density at radius 2 is 1.73 bits per heavy atom. The number of rotatable bonds is 7. The molecule has 0 aromatic carbocycles. The Labute approximate surface area is 177 Å². The summed E-state index contributed by atoms with van der Waals surface area (Å²) in [4.78, 5) is 41.9. The second-order valence-corrected chi connectivity index (χ2v) is 10.8. The molecular weight excluding hydrogens is 410 g/mol. The van der Waals surface area contributed by atoms with E-state index in [1.54, 1.807) is 0 Å². The lowest BCUT2D eigenvalue weighted by Gasteiger charge is -2.34. The number of nitrogens with two attached hydrogens (primary N) is 1. The number of aromatic nitrogens is 2. The van der Waals surface area contributed by atoms with Crippen LogP contribution in [0.1, 0.15) is 40.5 Å². The SMILES string of the molecule is CC(C)CN(C(=O)C1CCN(S(C)(=O)=O)CC1)c1c(N)n(CC(C)C)c(=O)[nH]c1=O. The van der Waals surface area contributed by atoms with Gasteiger partial charge in [-0.2, -0.15) is 0 Å². The molecule has 0 bridgehead atoms. The number of hydrogen-bond acceptors (Lipinski definition) is 6. The summed E-state index contributed by atoms with van der Waals surface area (Å²) in [6.45, 7) is 8.75. The van der Waals surface area contributed by atoms with Crippen molar-refractivity contribution in [2.24, 2.45) is 17.8 Å². The zero-order valence-corrected chi connectivity index (χ0v) is 19.2. The first-order chi connectivity index (χ1) is 13.8. The average Bonchev–Trinajstić information content (AvgIpc) is 2.62. The molecule has 0 aliphatic carbocycles. The van der Waals surface area contributed by atoms with Gasteiger partial charge in [-0.1, -0.05) is 27.7 Å². The highest BCUT2D eigenvalue weighted by molar-refractivity contribution is 7.88. The Balaban J connectivity index is 2.43. The van der Waals surface area contributed by atoms with E-state index in [-0.39, 0.29) is 48.9 Å². The van der Waals surface area contributed by atoms with E-state index in [1.807, 2.05) is 27.7 Å². The first-order valence-corrected chi connectivity index (χ1v) is 12.1. The number of amides is 1. The van der Waals surface area contributed by atoms with E-state index in [4.69, 9.17) is 5.73 Å². The molecule has 1 aromatic rings. The summed E-state index contributed by atoms with van der Waals surface area (Å²) in [7, 11) is -3.31. The van der Waals surface area contributed by atoms with Gasteiger partial charge in [-0.15, -0.1) is 0 Å². The number of nitrogens with zero attached hydrogens (tertiary/aromatic N) is 3. The number of nitrogen functional groups attached to an aromatic ring is 1. The molecule has 1 aliphatic rings. The van der Waals surface area contributed by atoms with Gasteiger partial charge in [0.15, 0.2) is 5.69 Å². The van der Waals surface area contributed by atoms with Crippen LogP contribution in [-0.2, 0) is 21.4 Å². The maximum Gasteiger partial charge on any atom is 0.330 e. The second-order valence-electron chi connectivity index (χ2n) is 8.78. The third-order valence-electron chi connectivity index (χ3n) is 5.12. The summed E-state index contributed by atoms with van der Waals surface area (Å²) in [5.74, 6) is -0.567. The number of H-pyrrole nitrogens is 1. The fourth-order valence-corrected chi connectivity index (χ4v) is 4.57. The van der Waals surface area contributed by atoms with Gasteiger partial charge in [0.25, 0.3) is 5.56 Å². The molecule has 3 N–H and O–H groups in total. The number of aromatic amines is 1. The summed E-state index contributed by atoms with van der Waals surface area (Å²) < 4.78 is 26.1. The Hall–Kier alpha value is -2.14. The molecule has 2 rings (SSSR count). The van der Waals surface area contributed by atoms with Crippen molar-refractivity contribution in [3.8, 4) is 0 Å².